The summed E-state index contributed by atoms with van der Waals surface area (Å²) in [5.41, 5.74) is 2.14. The lowest BCUT2D eigenvalue weighted by Gasteiger charge is -2.17. The lowest BCUT2D eigenvalue weighted by atomic mass is 10.1. The molecule has 2 N–H and O–H groups in total. The monoisotopic (exact) mass is 476 g/mol. The molecule has 0 saturated heterocycles. The van der Waals surface area contributed by atoms with Crippen LogP contribution in [0.1, 0.15) is 50.9 Å². The third-order valence-corrected chi connectivity index (χ3v) is 5.69. The van der Waals surface area contributed by atoms with Gasteiger partial charge in [0.2, 0.25) is 5.43 Å². The molecule has 0 fully saturated rings. The smallest absolute Gasteiger partial charge is 0.257 e. The number of ether oxygens (including phenoxy) is 1. The van der Waals surface area contributed by atoms with Gasteiger partial charge in [-0.15, -0.1) is 0 Å². The Morgan fingerprint density at radius 2 is 1.77 bits per heavy atom. The maximum atomic E-state index is 13.2. The van der Waals surface area contributed by atoms with Gasteiger partial charge in [0.1, 0.15) is 11.1 Å². The average molecular weight is 477 g/mol. The lowest BCUT2D eigenvalue weighted by Crippen LogP contribution is -2.41. The molecule has 1 atom stereocenters. The number of rotatable bonds is 11. The molecule has 3 aromatic rings. The van der Waals surface area contributed by atoms with Gasteiger partial charge in [-0.3, -0.25) is 19.4 Å². The number of benzene rings is 1. The molecule has 184 valence electrons. The zero-order chi connectivity index (χ0) is 25.2. The van der Waals surface area contributed by atoms with Crippen molar-refractivity contribution >= 4 is 11.8 Å². The molecular formula is C27H32N4O4. The molecule has 2 aromatic heterocycles. The van der Waals surface area contributed by atoms with Crippen molar-refractivity contribution in [2.75, 3.05) is 13.7 Å². The number of pyridine rings is 2. The minimum atomic E-state index is -0.606. The van der Waals surface area contributed by atoms with E-state index in [2.05, 4.69) is 15.6 Å². The van der Waals surface area contributed by atoms with Crippen LogP contribution in [0.25, 0.3) is 0 Å². The number of aryl methyl sites for hydroxylation is 3. The molecule has 0 aliphatic heterocycles. The third-order valence-electron chi connectivity index (χ3n) is 5.69. The first-order valence-electron chi connectivity index (χ1n) is 11.7. The van der Waals surface area contributed by atoms with Crippen molar-refractivity contribution in [2.45, 2.75) is 45.8 Å². The van der Waals surface area contributed by atoms with Crippen molar-refractivity contribution < 1.29 is 14.3 Å². The quantitative estimate of drug-likeness (QED) is 0.443. The van der Waals surface area contributed by atoms with Crippen LogP contribution in [0.15, 0.2) is 65.8 Å². The molecule has 0 spiro atoms. The fraction of sp³-hybridized carbons (Fsp3) is 0.333. The van der Waals surface area contributed by atoms with Crippen LogP contribution < -0.4 is 16.1 Å². The Morgan fingerprint density at radius 3 is 2.40 bits per heavy atom. The fourth-order valence-electron chi connectivity index (χ4n) is 3.58. The van der Waals surface area contributed by atoms with E-state index in [1.54, 1.807) is 17.9 Å². The number of nitrogens with one attached hydrogen (secondary N) is 2. The Balaban J connectivity index is 1.87. The maximum Gasteiger partial charge on any atom is 0.257 e. The Morgan fingerprint density at radius 1 is 1.06 bits per heavy atom. The summed E-state index contributed by atoms with van der Waals surface area (Å²) in [6, 6.07) is 13.2. The van der Waals surface area contributed by atoms with Crippen molar-refractivity contribution in [3.8, 4) is 0 Å². The molecule has 1 aromatic carbocycles. The van der Waals surface area contributed by atoms with E-state index in [4.69, 9.17) is 4.74 Å². The number of carbonyl (C=O) groups is 2. The number of nitrogens with zero attached hydrogens (tertiary/aromatic N) is 2. The molecular weight excluding hydrogens is 444 g/mol. The lowest BCUT2D eigenvalue weighted by molar-refractivity contribution is 0.0892. The van der Waals surface area contributed by atoms with Crippen molar-refractivity contribution in [1.29, 1.82) is 0 Å². The van der Waals surface area contributed by atoms with Gasteiger partial charge in [0.25, 0.3) is 11.8 Å². The molecule has 0 saturated carbocycles. The van der Waals surface area contributed by atoms with Gasteiger partial charge in [-0.1, -0.05) is 42.8 Å². The summed E-state index contributed by atoms with van der Waals surface area (Å²) in [4.78, 5) is 43.5. The number of amides is 2. The normalized spacial score (nSPS) is 11.6. The van der Waals surface area contributed by atoms with Crippen LogP contribution >= 0.6 is 0 Å². The molecule has 8 nitrogen and oxygen atoms in total. The highest BCUT2D eigenvalue weighted by atomic mass is 16.5. The Labute approximate surface area is 205 Å². The zero-order valence-corrected chi connectivity index (χ0v) is 20.4. The Kier molecular flexibility index (Phi) is 9.31. The summed E-state index contributed by atoms with van der Waals surface area (Å²) in [5.74, 6) is -1.06. The summed E-state index contributed by atoms with van der Waals surface area (Å²) in [6.07, 6.45) is 5.93. The van der Waals surface area contributed by atoms with Gasteiger partial charge in [-0.2, -0.15) is 0 Å². The van der Waals surface area contributed by atoms with Gasteiger partial charge in [0.05, 0.1) is 12.6 Å². The summed E-state index contributed by atoms with van der Waals surface area (Å²) in [5, 5.41) is 5.63. The number of hydrogen-bond donors (Lipinski definition) is 2. The van der Waals surface area contributed by atoms with Crippen LogP contribution in [0.3, 0.4) is 0 Å². The molecule has 2 amide bonds. The minimum Gasteiger partial charge on any atom is -0.383 e. The molecule has 0 aliphatic rings. The van der Waals surface area contributed by atoms with Gasteiger partial charge in [-0.25, -0.2) is 0 Å². The molecule has 0 aliphatic carbocycles. The molecule has 35 heavy (non-hydrogen) atoms. The second-order valence-corrected chi connectivity index (χ2v) is 8.43. The van der Waals surface area contributed by atoms with E-state index in [9.17, 15) is 14.4 Å². The highest BCUT2D eigenvalue weighted by molar-refractivity contribution is 5.99. The van der Waals surface area contributed by atoms with E-state index in [-0.39, 0.29) is 23.7 Å². The van der Waals surface area contributed by atoms with E-state index in [0.717, 1.165) is 16.8 Å². The van der Waals surface area contributed by atoms with Gasteiger partial charge < -0.3 is 19.9 Å². The molecule has 3 rings (SSSR count). The highest BCUT2D eigenvalue weighted by Crippen LogP contribution is 2.06. The van der Waals surface area contributed by atoms with E-state index in [0.29, 0.717) is 26.0 Å². The van der Waals surface area contributed by atoms with Crippen LogP contribution in [0.5, 0.6) is 0 Å². The number of methoxy groups -OCH3 is 1. The van der Waals surface area contributed by atoms with Crippen LogP contribution in [0, 0.1) is 6.92 Å². The predicted molar refractivity (Wildman–Crippen MR) is 134 cm³/mol. The molecule has 0 radical (unpaired) electrons. The molecule has 2 heterocycles. The first-order valence-corrected chi connectivity index (χ1v) is 11.7. The van der Waals surface area contributed by atoms with Gasteiger partial charge in [0, 0.05) is 50.9 Å². The van der Waals surface area contributed by atoms with E-state index in [1.807, 2.05) is 56.3 Å². The minimum absolute atomic E-state index is 0.0782. The Bertz CT molecular complexity index is 1190. The van der Waals surface area contributed by atoms with E-state index >= 15 is 0 Å². The number of hydrogen-bond acceptors (Lipinski definition) is 5. The summed E-state index contributed by atoms with van der Waals surface area (Å²) in [7, 11) is 1.55. The molecule has 8 heteroatoms. The van der Waals surface area contributed by atoms with E-state index in [1.165, 1.54) is 12.4 Å². The summed E-state index contributed by atoms with van der Waals surface area (Å²) < 4.78 is 6.84. The molecule has 0 bridgehead atoms. The number of aromatic nitrogens is 2. The summed E-state index contributed by atoms with van der Waals surface area (Å²) in [6.45, 7) is 4.96. The second kappa shape index (κ2) is 12.6. The zero-order valence-electron chi connectivity index (χ0n) is 20.4. The van der Waals surface area contributed by atoms with Gasteiger partial charge >= 0.3 is 0 Å². The maximum absolute atomic E-state index is 13.2. The standard InChI is InChI=1S/C27H32N4O4/c1-4-21(18-35-3)30-27(34)24-17-31(14-12-22-7-5-6-13-28-22)16-23(25(24)32)26(33)29-15-20-10-8-19(2)9-11-20/h5-11,13,16-17,21H,4,12,14-15,18H2,1-3H3,(H,29,33)(H,30,34). The van der Waals surface area contributed by atoms with E-state index < -0.39 is 17.2 Å². The SMILES string of the molecule is CCC(COC)NC(=O)c1cn(CCc2ccccn2)cc(C(=O)NCc2ccc(C)cc2)c1=O. The predicted octanol–water partition coefficient (Wildman–Crippen LogP) is 2.88. The van der Waals surface area contributed by atoms with Crippen molar-refractivity contribution in [3.63, 3.8) is 0 Å². The van der Waals surface area contributed by atoms with Crippen LogP contribution in [0.4, 0.5) is 0 Å². The Hall–Kier alpha value is -3.78. The van der Waals surface area contributed by atoms with Crippen molar-refractivity contribution in [1.82, 2.24) is 20.2 Å². The third kappa shape index (κ3) is 7.35. The molecule has 1 unspecified atom stereocenters. The topological polar surface area (TPSA) is 102 Å². The average Bonchev–Trinajstić information content (AvgIpc) is 2.87. The summed E-state index contributed by atoms with van der Waals surface area (Å²) >= 11 is 0. The van der Waals surface area contributed by atoms with Crippen LogP contribution in [-0.4, -0.2) is 41.1 Å². The van der Waals surface area contributed by atoms with Crippen molar-refractivity contribution in [2.24, 2.45) is 0 Å². The first kappa shape index (κ1) is 25.8. The van der Waals surface area contributed by atoms with Crippen LogP contribution in [-0.2, 0) is 24.2 Å². The highest BCUT2D eigenvalue weighted by Gasteiger charge is 2.21. The van der Waals surface area contributed by atoms with Gasteiger partial charge in [-0.05, 0) is 31.0 Å². The van der Waals surface area contributed by atoms with Crippen molar-refractivity contribution in [3.05, 3.63) is 99.2 Å². The number of carbonyl (C=O) groups excluding carboxylic acids is 2. The second-order valence-electron chi connectivity index (χ2n) is 8.43. The first-order chi connectivity index (χ1) is 16.9. The fourth-order valence-corrected chi connectivity index (χ4v) is 3.58. The van der Waals surface area contributed by atoms with Gasteiger partial charge in [0.15, 0.2) is 0 Å². The van der Waals surface area contributed by atoms with Crippen LogP contribution in [0.2, 0.25) is 0 Å². The largest absolute Gasteiger partial charge is 0.383 e.